The second-order valence-corrected chi connectivity index (χ2v) is 32.2. The molecule has 97 heavy (non-hydrogen) atoms. The predicted molar refractivity (Wildman–Crippen MR) is 395 cm³/mol. The summed E-state index contributed by atoms with van der Waals surface area (Å²) < 4.78 is 68.6. The number of unbranched alkanes of at least 4 members (excludes halogenated alkanes) is 43. The first-order valence-corrected chi connectivity index (χ1v) is 43.4. The Kier molecular flexibility index (Phi) is 67.1. The van der Waals surface area contributed by atoms with Crippen LogP contribution in [0.25, 0.3) is 0 Å². The van der Waals surface area contributed by atoms with E-state index in [0.717, 1.165) is 108 Å². The Labute approximate surface area is 594 Å². The first kappa shape index (κ1) is 95.1. The Morgan fingerprint density at radius 1 is 0.299 bits per heavy atom. The first-order chi connectivity index (χ1) is 46.8. The van der Waals surface area contributed by atoms with E-state index < -0.39 is 97.5 Å². The lowest BCUT2D eigenvalue weighted by atomic mass is 9.99. The predicted octanol–water partition coefficient (Wildman–Crippen LogP) is 23.0. The standard InChI is InChI=1S/C78H152O17P2/c1-8-10-11-12-13-14-15-16-17-18-22-27-32-37-45-52-59-75(80)88-65-73(94-77(82)61-54-47-38-33-28-23-20-19-21-26-31-36-44-51-58-71(7)9-2)67-92-96(84,85)90-63-72(79)64-91-97(86,87)93-68-74(66-89-76(81)60-53-46-41-40-43-50-57-70(5)6)95-78(83)62-55-48-39-34-29-24-25-30-35-42-49-56-69(3)4/h69-74,79H,8-68H2,1-7H3,(H,84,85)(H,86,87)/t71?,72-,73-,74-/m1/s1. The molecular weight excluding hydrogens is 1270 g/mol. The maximum absolute atomic E-state index is 13.1. The monoisotopic (exact) mass is 1420 g/mol. The summed E-state index contributed by atoms with van der Waals surface area (Å²) in [5.41, 5.74) is 0. The van der Waals surface area contributed by atoms with Crippen molar-refractivity contribution < 1.29 is 80.2 Å². The van der Waals surface area contributed by atoms with Crippen molar-refractivity contribution in [1.82, 2.24) is 0 Å². The molecule has 0 aliphatic heterocycles. The number of carbonyl (C=O) groups excluding carboxylic acids is 4. The van der Waals surface area contributed by atoms with Crippen LogP contribution < -0.4 is 0 Å². The van der Waals surface area contributed by atoms with Gasteiger partial charge in [0, 0.05) is 25.7 Å². The average molecular weight is 1420 g/mol. The molecule has 0 aromatic rings. The molecule has 0 rings (SSSR count). The van der Waals surface area contributed by atoms with Gasteiger partial charge in [-0.2, -0.15) is 0 Å². The Bertz CT molecular complexity index is 1890. The fourth-order valence-electron chi connectivity index (χ4n) is 11.9. The molecule has 0 saturated carbocycles. The molecule has 17 nitrogen and oxygen atoms in total. The molecular formula is C78H152O17P2. The van der Waals surface area contributed by atoms with Crippen molar-refractivity contribution in [1.29, 1.82) is 0 Å². The molecule has 576 valence electrons. The van der Waals surface area contributed by atoms with Gasteiger partial charge in [-0.3, -0.25) is 37.3 Å². The molecule has 6 atom stereocenters. The number of carbonyl (C=O) groups is 4. The normalized spacial score (nSPS) is 14.3. The smallest absolute Gasteiger partial charge is 0.462 e. The summed E-state index contributed by atoms with van der Waals surface area (Å²) in [5, 5.41) is 10.6. The van der Waals surface area contributed by atoms with Crippen LogP contribution >= 0.6 is 15.6 Å². The number of phosphoric ester groups is 2. The zero-order valence-electron chi connectivity index (χ0n) is 63.5. The lowest BCUT2D eigenvalue weighted by Crippen LogP contribution is -2.30. The molecule has 0 aromatic carbocycles. The minimum absolute atomic E-state index is 0.105. The minimum atomic E-state index is -4.96. The summed E-state index contributed by atoms with van der Waals surface area (Å²) in [7, 11) is -9.92. The summed E-state index contributed by atoms with van der Waals surface area (Å²) in [4.78, 5) is 72.9. The lowest BCUT2D eigenvalue weighted by molar-refractivity contribution is -0.161. The highest BCUT2D eigenvalue weighted by molar-refractivity contribution is 7.47. The second kappa shape index (κ2) is 68.5. The summed E-state index contributed by atoms with van der Waals surface area (Å²) in [6.07, 6.45) is 55.5. The van der Waals surface area contributed by atoms with Gasteiger partial charge in [0.1, 0.15) is 19.3 Å². The van der Waals surface area contributed by atoms with Gasteiger partial charge >= 0.3 is 39.5 Å². The quantitative estimate of drug-likeness (QED) is 0.0222. The van der Waals surface area contributed by atoms with Crippen LogP contribution in [-0.2, 0) is 65.4 Å². The molecule has 0 fully saturated rings. The van der Waals surface area contributed by atoms with Crippen LogP contribution in [0.3, 0.4) is 0 Å². The summed E-state index contributed by atoms with van der Waals surface area (Å²) in [6, 6.07) is 0. The molecule has 3 unspecified atom stereocenters. The van der Waals surface area contributed by atoms with Crippen molar-refractivity contribution >= 4 is 39.5 Å². The van der Waals surface area contributed by atoms with Gasteiger partial charge in [-0.1, -0.05) is 350 Å². The van der Waals surface area contributed by atoms with Gasteiger partial charge < -0.3 is 33.8 Å². The van der Waals surface area contributed by atoms with E-state index in [0.29, 0.717) is 31.6 Å². The molecule has 0 spiro atoms. The van der Waals surface area contributed by atoms with E-state index >= 15 is 0 Å². The summed E-state index contributed by atoms with van der Waals surface area (Å²) in [5.74, 6) is 0.174. The molecule has 0 aliphatic rings. The van der Waals surface area contributed by atoms with Gasteiger partial charge in [0.2, 0.25) is 0 Å². The van der Waals surface area contributed by atoms with Crippen molar-refractivity contribution in [2.75, 3.05) is 39.6 Å². The SMILES string of the molecule is CCCCCCCCCCCCCCCCCCC(=O)OC[C@H](COP(=O)(O)OC[C@@H](O)COP(=O)(O)OC[C@@H](COC(=O)CCCCCCCCC(C)C)OC(=O)CCCCCCCCCCCCCC(C)C)OC(=O)CCCCCCCCCCCCCCCCC(C)CC. The van der Waals surface area contributed by atoms with E-state index in [9.17, 15) is 43.2 Å². The molecule has 19 heteroatoms. The number of hydrogen-bond donors (Lipinski definition) is 3. The second-order valence-electron chi connectivity index (χ2n) is 29.3. The van der Waals surface area contributed by atoms with Crippen molar-refractivity contribution in [3.63, 3.8) is 0 Å². The Hall–Kier alpha value is -1.94. The van der Waals surface area contributed by atoms with Gasteiger partial charge in [-0.25, -0.2) is 9.13 Å². The summed E-state index contributed by atoms with van der Waals surface area (Å²) in [6.45, 7) is 11.9. The van der Waals surface area contributed by atoms with Crippen LogP contribution in [0.15, 0.2) is 0 Å². The highest BCUT2D eigenvalue weighted by atomic mass is 31.2. The van der Waals surface area contributed by atoms with Crippen molar-refractivity contribution in [2.24, 2.45) is 17.8 Å². The third-order valence-corrected chi connectivity index (χ3v) is 20.4. The van der Waals surface area contributed by atoms with Gasteiger partial charge in [0.25, 0.3) is 0 Å². The number of hydrogen-bond acceptors (Lipinski definition) is 15. The number of esters is 4. The molecule has 3 N–H and O–H groups in total. The Morgan fingerprint density at radius 3 is 0.784 bits per heavy atom. The minimum Gasteiger partial charge on any atom is -0.462 e. The molecule has 0 heterocycles. The Morgan fingerprint density at radius 2 is 0.526 bits per heavy atom. The van der Waals surface area contributed by atoms with Crippen LogP contribution in [0.5, 0.6) is 0 Å². The van der Waals surface area contributed by atoms with Crippen LogP contribution in [-0.4, -0.2) is 96.7 Å². The van der Waals surface area contributed by atoms with E-state index in [-0.39, 0.29) is 25.7 Å². The van der Waals surface area contributed by atoms with Crippen LogP contribution in [0, 0.1) is 17.8 Å². The van der Waals surface area contributed by atoms with Crippen molar-refractivity contribution in [3.8, 4) is 0 Å². The number of aliphatic hydroxyl groups excluding tert-OH is 1. The molecule has 0 saturated heterocycles. The molecule has 0 aliphatic carbocycles. The van der Waals surface area contributed by atoms with E-state index in [1.54, 1.807) is 0 Å². The van der Waals surface area contributed by atoms with E-state index in [4.69, 9.17) is 37.0 Å². The van der Waals surface area contributed by atoms with Crippen LogP contribution in [0.4, 0.5) is 0 Å². The number of rotatable bonds is 76. The molecule has 0 bridgehead atoms. The van der Waals surface area contributed by atoms with E-state index in [1.165, 1.54) is 205 Å². The topological polar surface area (TPSA) is 237 Å². The van der Waals surface area contributed by atoms with Crippen molar-refractivity contribution in [2.45, 2.75) is 420 Å². The van der Waals surface area contributed by atoms with Gasteiger partial charge in [0.05, 0.1) is 26.4 Å². The van der Waals surface area contributed by atoms with E-state index in [1.807, 2.05) is 0 Å². The fourth-order valence-corrected chi connectivity index (χ4v) is 13.5. The average Bonchev–Trinajstić information content (AvgIpc) is 1.01. The third kappa shape index (κ3) is 70.9. The van der Waals surface area contributed by atoms with Gasteiger partial charge in [0.15, 0.2) is 12.2 Å². The molecule has 0 radical (unpaired) electrons. The number of ether oxygens (including phenoxy) is 4. The third-order valence-electron chi connectivity index (χ3n) is 18.5. The number of phosphoric acid groups is 2. The maximum atomic E-state index is 13.1. The molecule has 0 aromatic heterocycles. The fraction of sp³-hybridized carbons (Fsp3) is 0.949. The summed E-state index contributed by atoms with van der Waals surface area (Å²) >= 11 is 0. The van der Waals surface area contributed by atoms with E-state index in [2.05, 4.69) is 48.5 Å². The van der Waals surface area contributed by atoms with Crippen LogP contribution in [0.1, 0.15) is 402 Å². The highest BCUT2D eigenvalue weighted by Crippen LogP contribution is 2.45. The Balaban J connectivity index is 5.24. The maximum Gasteiger partial charge on any atom is 0.472 e. The van der Waals surface area contributed by atoms with Crippen LogP contribution in [0.2, 0.25) is 0 Å². The lowest BCUT2D eigenvalue weighted by Gasteiger charge is -2.21. The highest BCUT2D eigenvalue weighted by Gasteiger charge is 2.30. The van der Waals surface area contributed by atoms with Gasteiger partial charge in [-0.15, -0.1) is 0 Å². The van der Waals surface area contributed by atoms with Crippen molar-refractivity contribution in [3.05, 3.63) is 0 Å². The number of aliphatic hydroxyl groups is 1. The zero-order valence-corrected chi connectivity index (χ0v) is 65.3. The zero-order chi connectivity index (χ0) is 71.6. The van der Waals surface area contributed by atoms with Gasteiger partial charge in [-0.05, 0) is 43.4 Å². The molecule has 0 amide bonds. The first-order valence-electron chi connectivity index (χ1n) is 40.4. The largest absolute Gasteiger partial charge is 0.472 e.